The van der Waals surface area contributed by atoms with Crippen molar-refractivity contribution >= 4 is 23.1 Å². The maximum atomic E-state index is 4.82. The largest absolute Gasteiger partial charge is 0.309 e. The van der Waals surface area contributed by atoms with Crippen molar-refractivity contribution in [1.29, 1.82) is 0 Å². The summed E-state index contributed by atoms with van der Waals surface area (Å²) in [6.07, 6.45) is 5.25. The molecule has 1 aliphatic heterocycles. The highest BCUT2D eigenvalue weighted by molar-refractivity contribution is 7.99. The molecule has 0 spiro atoms. The number of thioether (sulfide) groups is 1. The molecule has 0 saturated carbocycles. The van der Waals surface area contributed by atoms with Crippen molar-refractivity contribution in [2.24, 2.45) is 0 Å². The molecular weight excluding hydrogens is 248 g/mol. The third-order valence-corrected chi connectivity index (χ3v) is 5.65. The molecule has 0 aromatic carbocycles. The Bertz CT molecular complexity index is 332. The Morgan fingerprint density at radius 3 is 3.12 bits per heavy atom. The van der Waals surface area contributed by atoms with E-state index in [1.54, 1.807) is 0 Å². The molecule has 4 heteroatoms. The minimum Gasteiger partial charge on any atom is -0.309 e. The lowest BCUT2D eigenvalue weighted by Gasteiger charge is -2.18. The molecule has 96 valence electrons. The van der Waals surface area contributed by atoms with Crippen LogP contribution in [0, 0.1) is 0 Å². The van der Waals surface area contributed by atoms with Gasteiger partial charge in [-0.2, -0.15) is 11.8 Å². The summed E-state index contributed by atoms with van der Waals surface area (Å²) in [6, 6.07) is 0.397. The average molecular weight is 270 g/mol. The predicted octanol–water partition coefficient (Wildman–Crippen LogP) is 4.16. The van der Waals surface area contributed by atoms with Gasteiger partial charge >= 0.3 is 0 Å². The zero-order valence-corrected chi connectivity index (χ0v) is 12.4. The van der Waals surface area contributed by atoms with Crippen LogP contribution < -0.4 is 5.32 Å². The standard InChI is InChI=1S/C13H22N2S2/c1-3-7-14-10(2)11-9-17-13(15-11)12-6-4-5-8-16-12/h9-10,12,14H,3-8H2,1-2H3. The quantitative estimate of drug-likeness (QED) is 0.869. The van der Waals surface area contributed by atoms with Gasteiger partial charge in [0.25, 0.3) is 0 Å². The van der Waals surface area contributed by atoms with Crippen LogP contribution in [0.15, 0.2) is 5.38 Å². The van der Waals surface area contributed by atoms with Crippen LogP contribution in [0.2, 0.25) is 0 Å². The summed E-state index contributed by atoms with van der Waals surface area (Å²) in [5.74, 6) is 1.31. The molecule has 1 N–H and O–H groups in total. The lowest BCUT2D eigenvalue weighted by atomic mass is 10.2. The summed E-state index contributed by atoms with van der Waals surface area (Å²) in [6.45, 7) is 5.49. The number of hydrogen-bond donors (Lipinski definition) is 1. The Morgan fingerprint density at radius 2 is 2.41 bits per heavy atom. The highest BCUT2D eigenvalue weighted by atomic mass is 32.2. The van der Waals surface area contributed by atoms with Crippen molar-refractivity contribution < 1.29 is 0 Å². The summed E-state index contributed by atoms with van der Waals surface area (Å²) >= 11 is 3.93. The maximum Gasteiger partial charge on any atom is 0.106 e. The minimum absolute atomic E-state index is 0.397. The zero-order chi connectivity index (χ0) is 12.1. The van der Waals surface area contributed by atoms with Gasteiger partial charge in [0.15, 0.2) is 0 Å². The Labute approximate surface area is 113 Å². The topological polar surface area (TPSA) is 24.9 Å². The molecule has 1 aromatic heterocycles. The summed E-state index contributed by atoms with van der Waals surface area (Å²) in [7, 11) is 0. The molecule has 2 atom stereocenters. The van der Waals surface area contributed by atoms with E-state index in [2.05, 4.69) is 36.3 Å². The first-order valence-corrected chi connectivity index (χ1v) is 8.54. The predicted molar refractivity (Wildman–Crippen MR) is 77.9 cm³/mol. The molecule has 1 aromatic rings. The molecule has 2 unspecified atom stereocenters. The van der Waals surface area contributed by atoms with E-state index in [-0.39, 0.29) is 0 Å². The number of aromatic nitrogens is 1. The second-order valence-corrected chi connectivity index (χ2v) is 6.84. The van der Waals surface area contributed by atoms with Crippen LogP contribution in [0.5, 0.6) is 0 Å². The number of nitrogens with one attached hydrogen (secondary N) is 1. The number of thiazole rings is 1. The van der Waals surface area contributed by atoms with E-state index in [0.29, 0.717) is 11.3 Å². The van der Waals surface area contributed by atoms with Gasteiger partial charge in [-0.25, -0.2) is 4.98 Å². The van der Waals surface area contributed by atoms with E-state index in [0.717, 1.165) is 6.54 Å². The van der Waals surface area contributed by atoms with E-state index in [4.69, 9.17) is 4.98 Å². The third-order valence-electron chi connectivity index (χ3n) is 3.14. The van der Waals surface area contributed by atoms with Crippen LogP contribution in [0.4, 0.5) is 0 Å². The summed E-state index contributed by atoms with van der Waals surface area (Å²) in [5.41, 5.74) is 1.23. The number of rotatable bonds is 5. The summed E-state index contributed by atoms with van der Waals surface area (Å²) < 4.78 is 0. The van der Waals surface area contributed by atoms with Gasteiger partial charge in [0.2, 0.25) is 0 Å². The zero-order valence-electron chi connectivity index (χ0n) is 10.7. The van der Waals surface area contributed by atoms with Gasteiger partial charge in [-0.3, -0.25) is 0 Å². The molecule has 2 heterocycles. The van der Waals surface area contributed by atoms with Crippen LogP contribution in [-0.4, -0.2) is 17.3 Å². The summed E-state index contributed by atoms with van der Waals surface area (Å²) in [4.78, 5) is 4.82. The Balaban J connectivity index is 1.94. The van der Waals surface area contributed by atoms with Crippen LogP contribution in [0.3, 0.4) is 0 Å². The fourth-order valence-corrected chi connectivity index (χ4v) is 4.53. The molecule has 0 bridgehead atoms. The van der Waals surface area contributed by atoms with Gasteiger partial charge in [-0.1, -0.05) is 13.3 Å². The van der Waals surface area contributed by atoms with Gasteiger partial charge in [-0.15, -0.1) is 11.3 Å². The smallest absolute Gasteiger partial charge is 0.106 e. The van der Waals surface area contributed by atoms with Gasteiger partial charge in [0, 0.05) is 11.4 Å². The van der Waals surface area contributed by atoms with Crippen molar-refractivity contribution in [2.75, 3.05) is 12.3 Å². The van der Waals surface area contributed by atoms with E-state index < -0.39 is 0 Å². The molecule has 0 radical (unpaired) electrons. The van der Waals surface area contributed by atoms with Gasteiger partial charge in [-0.05, 0) is 38.5 Å². The van der Waals surface area contributed by atoms with Crippen LogP contribution >= 0.6 is 23.1 Å². The van der Waals surface area contributed by atoms with Crippen LogP contribution in [-0.2, 0) is 0 Å². The van der Waals surface area contributed by atoms with Gasteiger partial charge in [0.1, 0.15) is 5.01 Å². The van der Waals surface area contributed by atoms with Crippen molar-refractivity contribution in [2.45, 2.75) is 50.8 Å². The first-order chi connectivity index (χ1) is 8.31. The minimum atomic E-state index is 0.397. The molecule has 1 saturated heterocycles. The Morgan fingerprint density at radius 1 is 1.53 bits per heavy atom. The molecule has 2 nitrogen and oxygen atoms in total. The van der Waals surface area contributed by atoms with E-state index in [1.807, 2.05) is 11.3 Å². The molecule has 17 heavy (non-hydrogen) atoms. The van der Waals surface area contributed by atoms with Crippen molar-refractivity contribution in [3.8, 4) is 0 Å². The normalized spacial score (nSPS) is 22.6. The first-order valence-electron chi connectivity index (χ1n) is 6.61. The van der Waals surface area contributed by atoms with Crippen LogP contribution in [0.25, 0.3) is 0 Å². The summed E-state index contributed by atoms with van der Waals surface area (Å²) in [5, 5.41) is 7.75. The SMILES string of the molecule is CCCNC(C)c1csc(C2CCCCS2)n1. The average Bonchev–Trinajstić information content (AvgIpc) is 2.86. The highest BCUT2D eigenvalue weighted by Gasteiger charge is 2.20. The molecule has 2 rings (SSSR count). The number of hydrogen-bond acceptors (Lipinski definition) is 4. The van der Waals surface area contributed by atoms with E-state index in [9.17, 15) is 0 Å². The third kappa shape index (κ3) is 3.70. The fraction of sp³-hybridized carbons (Fsp3) is 0.769. The van der Waals surface area contributed by atoms with E-state index >= 15 is 0 Å². The Hall–Kier alpha value is -0.0600. The second-order valence-electron chi connectivity index (χ2n) is 4.64. The van der Waals surface area contributed by atoms with Gasteiger partial charge < -0.3 is 5.32 Å². The molecule has 0 amide bonds. The number of nitrogens with zero attached hydrogens (tertiary/aromatic N) is 1. The Kier molecular flexibility index (Phi) is 5.32. The fourth-order valence-electron chi connectivity index (χ4n) is 2.05. The lowest BCUT2D eigenvalue weighted by Crippen LogP contribution is -2.19. The van der Waals surface area contributed by atoms with Gasteiger partial charge in [0.05, 0.1) is 10.9 Å². The van der Waals surface area contributed by atoms with E-state index in [1.165, 1.54) is 42.1 Å². The first kappa shape index (κ1) is 13.4. The molecule has 1 aliphatic rings. The van der Waals surface area contributed by atoms with Crippen molar-refractivity contribution in [1.82, 2.24) is 10.3 Å². The van der Waals surface area contributed by atoms with Crippen LogP contribution in [0.1, 0.15) is 61.5 Å². The maximum absolute atomic E-state index is 4.82. The van der Waals surface area contributed by atoms with Crippen molar-refractivity contribution in [3.05, 3.63) is 16.1 Å². The molecule has 1 fully saturated rings. The molecule has 0 aliphatic carbocycles. The lowest BCUT2D eigenvalue weighted by molar-refractivity contribution is 0.558. The highest BCUT2D eigenvalue weighted by Crippen LogP contribution is 2.39. The molecular formula is C13H22N2S2. The monoisotopic (exact) mass is 270 g/mol. The van der Waals surface area contributed by atoms with Crippen molar-refractivity contribution in [3.63, 3.8) is 0 Å². The second kappa shape index (κ2) is 6.76.